The van der Waals surface area contributed by atoms with Crippen molar-refractivity contribution in [3.8, 4) is 11.5 Å². The van der Waals surface area contributed by atoms with Crippen molar-refractivity contribution in [2.24, 2.45) is 7.05 Å². The lowest BCUT2D eigenvalue weighted by Crippen LogP contribution is -2.75. The fourth-order valence-electron chi connectivity index (χ4n) is 7.97. The smallest absolute Gasteiger partial charge is 0.166 e. The number of piperidine rings is 1. The largest absolute Gasteiger partial charge is 0.504 e. The average Bonchev–Trinajstić information content (AvgIpc) is 3.30. The van der Waals surface area contributed by atoms with Crippen molar-refractivity contribution in [2.75, 3.05) is 19.7 Å². The Morgan fingerprint density at radius 3 is 2.88 bits per heavy atom. The molecular weight excluding hydrogens is 448 g/mol. The van der Waals surface area contributed by atoms with Crippen LogP contribution in [-0.4, -0.2) is 45.9 Å². The fourth-order valence-corrected chi connectivity index (χ4v) is 7.97. The maximum Gasteiger partial charge on any atom is 0.166 e. The number of nitrogens with zero attached hydrogens (tertiary/aromatic N) is 2. The zero-order valence-corrected chi connectivity index (χ0v) is 20.5. The van der Waals surface area contributed by atoms with E-state index in [1.165, 1.54) is 33.3 Å². The van der Waals surface area contributed by atoms with E-state index in [1.54, 1.807) is 0 Å². The van der Waals surface area contributed by atoms with Gasteiger partial charge in [-0.15, -0.1) is 19.0 Å². The van der Waals surface area contributed by atoms with Crippen LogP contribution in [-0.2, 0) is 30.0 Å². The number of fused-ring (bicyclic) bond motifs is 4. The van der Waals surface area contributed by atoms with Gasteiger partial charge in [0.15, 0.2) is 17.6 Å². The van der Waals surface area contributed by atoms with Gasteiger partial charge >= 0.3 is 0 Å². The van der Waals surface area contributed by atoms with E-state index >= 15 is 0 Å². The van der Waals surface area contributed by atoms with E-state index in [1.807, 2.05) is 12.1 Å². The Labute approximate surface area is 206 Å². The van der Waals surface area contributed by atoms with Gasteiger partial charge in [0.1, 0.15) is 5.60 Å². The minimum absolute atomic E-state index is 0. The quantitative estimate of drug-likeness (QED) is 0.546. The number of aromatic nitrogens is 1. The minimum Gasteiger partial charge on any atom is -0.504 e. The van der Waals surface area contributed by atoms with Crippen molar-refractivity contribution >= 4 is 23.3 Å². The Kier molecular flexibility index (Phi) is 4.71. The zero-order valence-electron chi connectivity index (χ0n) is 19.7. The zero-order chi connectivity index (χ0) is 22.5. The van der Waals surface area contributed by atoms with Gasteiger partial charge in [0, 0.05) is 55.7 Å². The third kappa shape index (κ3) is 2.29. The topological polar surface area (TPSA) is 46.9 Å². The molecule has 1 spiro atoms. The molecule has 3 aromatic rings. The lowest BCUT2D eigenvalue weighted by atomic mass is 9.48. The van der Waals surface area contributed by atoms with Crippen LogP contribution >= 0.6 is 12.4 Å². The summed E-state index contributed by atoms with van der Waals surface area (Å²) in [4.78, 5) is 2.56. The van der Waals surface area contributed by atoms with Gasteiger partial charge in [0.05, 0.1) is 11.1 Å². The van der Waals surface area contributed by atoms with Gasteiger partial charge in [0.2, 0.25) is 0 Å². The summed E-state index contributed by atoms with van der Waals surface area (Å²) in [6.07, 6.45) is 4.52. The summed E-state index contributed by atoms with van der Waals surface area (Å²) in [7, 11) is 2.16. The standard InChI is InChI=1S/C28H30N2O3.ClH/c1-4-13-30-14-12-27-23-17-10-11-21(31)25(23)33-26(27)24-19(16-28(27,32-5-2)22(30)15-17)18-8-6-7-9-20(18)29(24)3;/h4,6-11,22,26,31H,1,5,12-16H2,2-3H3;1H/t22-,26+,27+,28-;/m1./s1. The molecule has 0 saturated carbocycles. The Bertz CT molecular complexity index is 1330. The summed E-state index contributed by atoms with van der Waals surface area (Å²) < 4.78 is 16.1. The third-order valence-corrected chi connectivity index (χ3v) is 9.01. The molecule has 2 aliphatic heterocycles. The first-order chi connectivity index (χ1) is 16.1. The van der Waals surface area contributed by atoms with Crippen LogP contribution in [0.4, 0.5) is 0 Å². The number of rotatable bonds is 4. The van der Waals surface area contributed by atoms with Crippen molar-refractivity contribution in [3.05, 3.63) is 71.4 Å². The van der Waals surface area contributed by atoms with E-state index in [2.05, 4.69) is 60.3 Å². The number of aromatic hydroxyl groups is 1. The molecule has 5 nitrogen and oxygen atoms in total. The Hall–Kier alpha value is -2.47. The molecule has 7 rings (SSSR count). The third-order valence-electron chi connectivity index (χ3n) is 9.01. The SMILES string of the molecule is C=CCN1CC[C@]23c4c5ccc(O)c4O[C@H]2c2c(c4ccccc4n2C)C[C@@]3(OCC)[C@H]1C5.Cl. The van der Waals surface area contributed by atoms with E-state index in [-0.39, 0.29) is 35.7 Å². The van der Waals surface area contributed by atoms with Crippen LogP contribution in [0.5, 0.6) is 11.5 Å². The molecular formula is C28H31ClN2O3. The number of hydrogen-bond donors (Lipinski definition) is 1. The van der Waals surface area contributed by atoms with E-state index in [4.69, 9.17) is 9.47 Å². The van der Waals surface area contributed by atoms with Crippen LogP contribution in [0.25, 0.3) is 10.9 Å². The number of para-hydroxylation sites is 1. The van der Waals surface area contributed by atoms with Crippen LogP contribution in [0.2, 0.25) is 0 Å². The molecule has 6 heteroatoms. The second kappa shape index (κ2) is 7.27. The highest BCUT2D eigenvalue weighted by Crippen LogP contribution is 2.70. The maximum absolute atomic E-state index is 10.9. The number of halogens is 1. The summed E-state index contributed by atoms with van der Waals surface area (Å²) in [5, 5.41) is 12.2. The Balaban J connectivity index is 0.00000217. The molecule has 0 radical (unpaired) electrons. The number of phenolic OH excluding ortho intramolecular Hbond substituents is 1. The lowest BCUT2D eigenvalue weighted by molar-refractivity contribution is -0.200. The molecule has 0 amide bonds. The molecule has 3 heterocycles. The highest BCUT2D eigenvalue weighted by molar-refractivity contribution is 5.87. The summed E-state index contributed by atoms with van der Waals surface area (Å²) in [5.74, 6) is 0.922. The molecule has 1 fully saturated rings. The minimum atomic E-state index is -0.420. The summed E-state index contributed by atoms with van der Waals surface area (Å²) in [6.45, 7) is 8.63. The average molecular weight is 479 g/mol. The predicted octanol–water partition coefficient (Wildman–Crippen LogP) is 4.83. The number of benzene rings is 2. The van der Waals surface area contributed by atoms with Crippen molar-refractivity contribution in [1.29, 1.82) is 0 Å². The van der Waals surface area contributed by atoms with Crippen LogP contribution in [0.1, 0.15) is 41.8 Å². The van der Waals surface area contributed by atoms with Crippen LogP contribution < -0.4 is 4.74 Å². The van der Waals surface area contributed by atoms with Gasteiger partial charge in [-0.3, -0.25) is 4.90 Å². The fraction of sp³-hybridized carbons (Fsp3) is 0.429. The normalized spacial score (nSPS) is 30.3. The molecule has 1 aromatic heterocycles. The van der Waals surface area contributed by atoms with Crippen molar-refractivity contribution in [2.45, 2.75) is 49.3 Å². The summed E-state index contributed by atoms with van der Waals surface area (Å²) in [6, 6.07) is 12.8. The van der Waals surface area contributed by atoms with E-state index < -0.39 is 5.60 Å². The van der Waals surface area contributed by atoms with Gasteiger partial charge in [-0.25, -0.2) is 0 Å². The number of ether oxygens (including phenoxy) is 2. The first kappa shape index (κ1) is 22.0. The van der Waals surface area contributed by atoms with Gasteiger partial charge in [-0.1, -0.05) is 30.3 Å². The van der Waals surface area contributed by atoms with Gasteiger partial charge in [-0.2, -0.15) is 0 Å². The molecule has 178 valence electrons. The van der Waals surface area contributed by atoms with Crippen LogP contribution in [0.15, 0.2) is 49.1 Å². The highest BCUT2D eigenvalue weighted by Gasteiger charge is 2.74. The molecule has 0 unspecified atom stereocenters. The van der Waals surface area contributed by atoms with Crippen molar-refractivity contribution < 1.29 is 14.6 Å². The number of likely N-dealkylation sites (tertiary alicyclic amines) is 1. The molecule has 34 heavy (non-hydrogen) atoms. The van der Waals surface area contributed by atoms with Crippen molar-refractivity contribution in [1.82, 2.24) is 9.47 Å². The predicted molar refractivity (Wildman–Crippen MR) is 135 cm³/mol. The van der Waals surface area contributed by atoms with E-state index in [0.29, 0.717) is 12.4 Å². The molecule has 4 aliphatic rings. The molecule has 2 bridgehead atoms. The monoisotopic (exact) mass is 478 g/mol. The van der Waals surface area contributed by atoms with Crippen LogP contribution in [0, 0.1) is 0 Å². The number of hydrogen-bond acceptors (Lipinski definition) is 4. The van der Waals surface area contributed by atoms with Crippen LogP contribution in [0.3, 0.4) is 0 Å². The molecule has 1 saturated heterocycles. The van der Waals surface area contributed by atoms with Gasteiger partial charge in [-0.05, 0) is 43.0 Å². The summed E-state index contributed by atoms with van der Waals surface area (Å²) in [5.41, 5.74) is 5.56. The second-order valence-electron chi connectivity index (χ2n) is 10.1. The van der Waals surface area contributed by atoms with Crippen molar-refractivity contribution in [3.63, 3.8) is 0 Å². The van der Waals surface area contributed by atoms with Gasteiger partial charge in [0.25, 0.3) is 0 Å². The molecule has 1 N–H and O–H groups in total. The number of phenols is 1. The first-order valence-electron chi connectivity index (χ1n) is 12.1. The Morgan fingerprint density at radius 2 is 2.09 bits per heavy atom. The lowest BCUT2D eigenvalue weighted by Gasteiger charge is -2.64. The number of aryl methyl sites for hydroxylation is 1. The molecule has 2 aliphatic carbocycles. The first-order valence-corrected chi connectivity index (χ1v) is 12.1. The van der Waals surface area contributed by atoms with E-state index in [9.17, 15) is 5.11 Å². The summed E-state index contributed by atoms with van der Waals surface area (Å²) >= 11 is 0. The van der Waals surface area contributed by atoms with Gasteiger partial charge < -0.3 is 19.1 Å². The maximum atomic E-state index is 10.9. The molecule has 2 aromatic carbocycles. The highest BCUT2D eigenvalue weighted by atomic mass is 35.5. The second-order valence-corrected chi connectivity index (χ2v) is 10.1. The Morgan fingerprint density at radius 1 is 1.26 bits per heavy atom. The van der Waals surface area contributed by atoms with E-state index in [0.717, 1.165) is 32.4 Å². The molecule has 4 atom stereocenters.